The number of ether oxygens (including phenoxy) is 1. The lowest BCUT2D eigenvalue weighted by molar-refractivity contribution is -0.109. The zero-order valence-electron chi connectivity index (χ0n) is 7.92. The zero-order valence-corrected chi connectivity index (χ0v) is 9.50. The molecular weight excluding hydrogens is 246 g/mol. The van der Waals surface area contributed by atoms with E-state index in [9.17, 15) is 4.79 Å². The molecule has 1 N–H and O–H groups in total. The number of nitrogens with one attached hydrogen (secondary N) is 1. The molecule has 1 aromatic rings. The largest absolute Gasteiger partial charge is 0.496 e. The zero-order chi connectivity index (χ0) is 10.4. The molecule has 0 saturated carbocycles. The maximum atomic E-state index is 10.0. The lowest BCUT2D eigenvalue weighted by atomic mass is 10.1. The van der Waals surface area contributed by atoms with Crippen LogP contribution in [-0.4, -0.2) is 20.1 Å². The van der Waals surface area contributed by atoms with Crippen molar-refractivity contribution in [3.05, 3.63) is 28.2 Å². The van der Waals surface area contributed by atoms with Crippen LogP contribution >= 0.6 is 15.9 Å². The SMILES string of the molecule is COc1cc(CCNC=O)ccc1Br. The minimum Gasteiger partial charge on any atom is -0.496 e. The maximum Gasteiger partial charge on any atom is 0.207 e. The highest BCUT2D eigenvalue weighted by Gasteiger charge is 2.00. The average Bonchev–Trinajstić information content (AvgIpc) is 2.21. The number of carbonyl (C=O) groups excluding carboxylic acids is 1. The Balaban J connectivity index is 2.64. The molecule has 1 amide bonds. The second-order valence-corrected chi connectivity index (χ2v) is 3.65. The molecule has 0 aliphatic rings. The summed E-state index contributed by atoms with van der Waals surface area (Å²) in [5.41, 5.74) is 1.14. The third-order valence-corrected chi connectivity index (χ3v) is 2.51. The Morgan fingerprint density at radius 2 is 2.36 bits per heavy atom. The van der Waals surface area contributed by atoms with Crippen LogP contribution in [0.15, 0.2) is 22.7 Å². The molecule has 3 nitrogen and oxygen atoms in total. The van der Waals surface area contributed by atoms with Crippen molar-refractivity contribution in [3.63, 3.8) is 0 Å². The molecule has 0 fully saturated rings. The van der Waals surface area contributed by atoms with Gasteiger partial charge in [0.1, 0.15) is 5.75 Å². The topological polar surface area (TPSA) is 38.3 Å². The van der Waals surface area contributed by atoms with E-state index in [0.29, 0.717) is 13.0 Å². The Labute approximate surface area is 91.6 Å². The van der Waals surface area contributed by atoms with Crippen molar-refractivity contribution >= 4 is 22.3 Å². The summed E-state index contributed by atoms with van der Waals surface area (Å²) in [5, 5.41) is 2.62. The number of amides is 1. The monoisotopic (exact) mass is 257 g/mol. The molecule has 0 bridgehead atoms. The van der Waals surface area contributed by atoms with Crippen molar-refractivity contribution in [3.8, 4) is 5.75 Å². The summed E-state index contributed by atoms with van der Waals surface area (Å²) in [5.74, 6) is 0.814. The Bertz CT molecular complexity index is 315. The third-order valence-electron chi connectivity index (χ3n) is 1.86. The first kappa shape index (κ1) is 11.0. The number of benzene rings is 1. The average molecular weight is 258 g/mol. The second-order valence-electron chi connectivity index (χ2n) is 2.79. The van der Waals surface area contributed by atoms with Gasteiger partial charge in [-0.05, 0) is 40.0 Å². The van der Waals surface area contributed by atoms with Crippen LogP contribution in [0.4, 0.5) is 0 Å². The van der Waals surface area contributed by atoms with Crippen LogP contribution in [0.3, 0.4) is 0 Å². The fourth-order valence-electron chi connectivity index (χ4n) is 1.14. The second kappa shape index (κ2) is 5.65. The van der Waals surface area contributed by atoms with E-state index in [0.717, 1.165) is 22.2 Å². The van der Waals surface area contributed by atoms with E-state index in [4.69, 9.17) is 4.74 Å². The molecule has 0 saturated heterocycles. The normalized spacial score (nSPS) is 9.57. The predicted octanol–water partition coefficient (Wildman–Crippen LogP) is 1.75. The molecule has 1 aromatic carbocycles. The first-order valence-corrected chi connectivity index (χ1v) is 5.06. The van der Waals surface area contributed by atoms with Crippen LogP contribution in [0.25, 0.3) is 0 Å². The molecule has 0 spiro atoms. The van der Waals surface area contributed by atoms with Crippen LogP contribution in [-0.2, 0) is 11.2 Å². The summed E-state index contributed by atoms with van der Waals surface area (Å²) in [6.07, 6.45) is 1.51. The van der Waals surface area contributed by atoms with Crippen LogP contribution in [0.2, 0.25) is 0 Å². The van der Waals surface area contributed by atoms with E-state index in [-0.39, 0.29) is 0 Å². The molecule has 1 rings (SSSR count). The highest BCUT2D eigenvalue weighted by Crippen LogP contribution is 2.25. The first-order chi connectivity index (χ1) is 6.77. The molecule has 0 atom stereocenters. The number of hydrogen-bond acceptors (Lipinski definition) is 2. The fraction of sp³-hybridized carbons (Fsp3) is 0.300. The van der Waals surface area contributed by atoms with E-state index in [1.165, 1.54) is 0 Å². The van der Waals surface area contributed by atoms with Gasteiger partial charge in [0.25, 0.3) is 0 Å². The van der Waals surface area contributed by atoms with Crippen molar-refractivity contribution in [1.29, 1.82) is 0 Å². The van der Waals surface area contributed by atoms with Crippen molar-refractivity contribution in [2.45, 2.75) is 6.42 Å². The van der Waals surface area contributed by atoms with E-state index >= 15 is 0 Å². The summed E-state index contributed by atoms with van der Waals surface area (Å²) >= 11 is 3.38. The van der Waals surface area contributed by atoms with Crippen molar-refractivity contribution in [2.75, 3.05) is 13.7 Å². The molecule has 0 aliphatic carbocycles. The van der Waals surface area contributed by atoms with Crippen LogP contribution in [0.5, 0.6) is 5.75 Å². The van der Waals surface area contributed by atoms with Crippen molar-refractivity contribution < 1.29 is 9.53 Å². The summed E-state index contributed by atoms with van der Waals surface area (Å²) in [6.45, 7) is 0.647. The van der Waals surface area contributed by atoms with Gasteiger partial charge < -0.3 is 10.1 Å². The minimum atomic E-state index is 0.647. The smallest absolute Gasteiger partial charge is 0.207 e. The molecule has 0 heterocycles. The minimum absolute atomic E-state index is 0.647. The van der Waals surface area contributed by atoms with Crippen LogP contribution in [0, 0.1) is 0 Å². The van der Waals surface area contributed by atoms with Gasteiger partial charge in [-0.3, -0.25) is 4.79 Å². The summed E-state index contributed by atoms with van der Waals surface area (Å²) in [7, 11) is 1.63. The molecule has 0 aromatic heterocycles. The number of rotatable bonds is 5. The van der Waals surface area contributed by atoms with Gasteiger partial charge in [0, 0.05) is 6.54 Å². The first-order valence-electron chi connectivity index (χ1n) is 4.27. The standard InChI is InChI=1S/C10H12BrNO2/c1-14-10-6-8(2-3-9(10)11)4-5-12-7-13/h2-3,6-7H,4-5H2,1H3,(H,12,13). The number of halogens is 1. The van der Waals surface area contributed by atoms with Gasteiger partial charge in [0.05, 0.1) is 11.6 Å². The number of hydrogen-bond donors (Lipinski definition) is 1. The number of methoxy groups -OCH3 is 1. The summed E-state index contributed by atoms with van der Waals surface area (Å²) in [6, 6.07) is 5.89. The van der Waals surface area contributed by atoms with E-state index < -0.39 is 0 Å². The third kappa shape index (κ3) is 3.03. The maximum absolute atomic E-state index is 10.0. The molecular formula is C10H12BrNO2. The van der Waals surface area contributed by atoms with Crippen LogP contribution in [0.1, 0.15) is 5.56 Å². The number of carbonyl (C=O) groups is 1. The van der Waals surface area contributed by atoms with E-state index in [1.54, 1.807) is 7.11 Å². The van der Waals surface area contributed by atoms with E-state index in [1.807, 2.05) is 18.2 Å². The lowest BCUT2D eigenvalue weighted by Crippen LogP contribution is -2.14. The Morgan fingerprint density at radius 1 is 1.57 bits per heavy atom. The Hall–Kier alpha value is -1.03. The van der Waals surface area contributed by atoms with Gasteiger partial charge >= 0.3 is 0 Å². The van der Waals surface area contributed by atoms with Crippen molar-refractivity contribution in [1.82, 2.24) is 5.32 Å². The van der Waals surface area contributed by atoms with Crippen LogP contribution < -0.4 is 10.1 Å². The highest BCUT2D eigenvalue weighted by atomic mass is 79.9. The molecule has 0 aliphatic heterocycles. The predicted molar refractivity (Wildman–Crippen MR) is 58.5 cm³/mol. The summed E-state index contributed by atoms with van der Waals surface area (Å²) < 4.78 is 6.09. The lowest BCUT2D eigenvalue weighted by Gasteiger charge is -2.06. The van der Waals surface area contributed by atoms with Gasteiger partial charge in [-0.15, -0.1) is 0 Å². The summed E-state index contributed by atoms with van der Waals surface area (Å²) in [4.78, 5) is 10.0. The highest BCUT2D eigenvalue weighted by molar-refractivity contribution is 9.10. The van der Waals surface area contributed by atoms with Gasteiger partial charge in [0.15, 0.2) is 0 Å². The van der Waals surface area contributed by atoms with Gasteiger partial charge in [-0.2, -0.15) is 0 Å². The molecule has 76 valence electrons. The molecule has 4 heteroatoms. The Kier molecular flexibility index (Phi) is 4.46. The van der Waals surface area contributed by atoms with E-state index in [2.05, 4.69) is 21.2 Å². The molecule has 0 radical (unpaired) electrons. The van der Waals surface area contributed by atoms with Crippen molar-refractivity contribution in [2.24, 2.45) is 0 Å². The van der Waals surface area contributed by atoms with Gasteiger partial charge in [-0.1, -0.05) is 6.07 Å². The Morgan fingerprint density at radius 3 is 3.00 bits per heavy atom. The molecule has 0 unspecified atom stereocenters. The fourth-order valence-corrected chi connectivity index (χ4v) is 1.54. The molecule has 14 heavy (non-hydrogen) atoms. The van der Waals surface area contributed by atoms with Gasteiger partial charge in [-0.25, -0.2) is 0 Å². The quantitative estimate of drug-likeness (QED) is 0.645. The van der Waals surface area contributed by atoms with Gasteiger partial charge in [0.2, 0.25) is 6.41 Å².